The fourth-order valence-electron chi connectivity index (χ4n) is 2.67. The Balaban J connectivity index is 1.99. The van der Waals surface area contributed by atoms with Crippen LogP contribution in [0.15, 0.2) is 36.9 Å². The van der Waals surface area contributed by atoms with Crippen LogP contribution >= 0.6 is 0 Å². The van der Waals surface area contributed by atoms with Crippen LogP contribution in [0.2, 0.25) is 0 Å². The Kier molecular flexibility index (Phi) is 7.28. The molecule has 0 saturated carbocycles. The number of imide groups is 1. The third-order valence-corrected chi connectivity index (χ3v) is 3.99. The predicted molar refractivity (Wildman–Crippen MR) is 105 cm³/mol. The molecule has 0 saturated heterocycles. The Bertz CT molecular complexity index is 777. The number of carbonyl (C=O) groups excluding carboxylic acids is 4. The van der Waals surface area contributed by atoms with E-state index in [9.17, 15) is 19.2 Å². The number of hydrogen-bond acceptors (Lipinski definition) is 6. The minimum atomic E-state index is -0.971. The molecule has 1 aromatic rings. The van der Waals surface area contributed by atoms with Gasteiger partial charge in [-0.3, -0.25) is 19.2 Å². The number of nitrogens with one attached hydrogen (secondary N) is 1. The summed E-state index contributed by atoms with van der Waals surface area (Å²) in [7, 11) is 0. The SMILES string of the molecule is C=CCCC(=O)NC(CCON1C(=O)c2ccccc2C1=O)C(=O)OC(C)(C)C. The lowest BCUT2D eigenvalue weighted by Gasteiger charge is -2.25. The molecule has 1 atom stereocenters. The Hall–Kier alpha value is -3.00. The molecule has 0 bridgehead atoms. The van der Waals surface area contributed by atoms with Gasteiger partial charge in [-0.1, -0.05) is 18.2 Å². The average Bonchev–Trinajstić information content (AvgIpc) is 2.89. The largest absolute Gasteiger partial charge is 0.458 e. The standard InChI is InChI=1S/C21H26N2O6/c1-5-6-11-17(24)22-16(20(27)29-21(2,3)4)12-13-28-23-18(25)14-9-7-8-10-15(14)19(23)26/h5,7-10,16H,1,6,11-13H2,2-4H3,(H,22,24). The highest BCUT2D eigenvalue weighted by atomic mass is 16.7. The first-order chi connectivity index (χ1) is 13.6. The number of rotatable bonds is 9. The van der Waals surface area contributed by atoms with E-state index in [4.69, 9.17) is 9.57 Å². The molecular weight excluding hydrogens is 376 g/mol. The van der Waals surface area contributed by atoms with E-state index in [1.54, 1.807) is 51.1 Å². The van der Waals surface area contributed by atoms with Crippen molar-refractivity contribution >= 4 is 23.7 Å². The number of esters is 1. The number of hydroxylamine groups is 2. The maximum absolute atomic E-state index is 12.4. The van der Waals surface area contributed by atoms with Crippen molar-refractivity contribution in [3.63, 3.8) is 0 Å². The second kappa shape index (κ2) is 9.47. The molecule has 0 fully saturated rings. The zero-order valence-electron chi connectivity index (χ0n) is 16.9. The van der Waals surface area contributed by atoms with Crippen LogP contribution in [0.4, 0.5) is 0 Å². The van der Waals surface area contributed by atoms with Crippen molar-refractivity contribution in [2.45, 2.75) is 51.7 Å². The molecule has 3 amide bonds. The summed E-state index contributed by atoms with van der Waals surface area (Å²) in [5.74, 6) is -2.07. The van der Waals surface area contributed by atoms with Gasteiger partial charge in [-0.15, -0.1) is 11.6 Å². The van der Waals surface area contributed by atoms with Gasteiger partial charge in [-0.05, 0) is 39.3 Å². The lowest BCUT2D eigenvalue weighted by atomic mass is 10.1. The summed E-state index contributed by atoms with van der Waals surface area (Å²) < 4.78 is 5.34. The van der Waals surface area contributed by atoms with Crippen molar-refractivity contribution in [2.75, 3.05) is 6.61 Å². The predicted octanol–water partition coefficient (Wildman–Crippen LogP) is 2.40. The van der Waals surface area contributed by atoms with Crippen LogP contribution < -0.4 is 5.32 Å². The third kappa shape index (κ3) is 5.99. The van der Waals surface area contributed by atoms with Crippen molar-refractivity contribution in [1.29, 1.82) is 0 Å². The van der Waals surface area contributed by atoms with Crippen molar-refractivity contribution in [2.24, 2.45) is 0 Å². The van der Waals surface area contributed by atoms with E-state index in [1.807, 2.05) is 0 Å². The fourth-order valence-corrected chi connectivity index (χ4v) is 2.67. The number of ether oxygens (including phenoxy) is 1. The molecule has 1 N–H and O–H groups in total. The summed E-state index contributed by atoms with van der Waals surface area (Å²) in [5, 5.41) is 3.29. The van der Waals surface area contributed by atoms with Crippen molar-refractivity contribution < 1.29 is 28.8 Å². The van der Waals surface area contributed by atoms with Crippen LogP contribution in [0.3, 0.4) is 0 Å². The van der Waals surface area contributed by atoms with Crippen LogP contribution in [-0.4, -0.2) is 47.0 Å². The molecule has 0 radical (unpaired) electrons. The van der Waals surface area contributed by atoms with E-state index in [-0.39, 0.29) is 36.5 Å². The quantitative estimate of drug-likeness (QED) is 0.387. The summed E-state index contributed by atoms with van der Waals surface area (Å²) >= 11 is 0. The van der Waals surface area contributed by atoms with Crippen LogP contribution in [0.5, 0.6) is 0 Å². The lowest BCUT2D eigenvalue weighted by Crippen LogP contribution is -2.45. The molecule has 1 unspecified atom stereocenters. The van der Waals surface area contributed by atoms with E-state index in [0.29, 0.717) is 11.5 Å². The fraction of sp³-hybridized carbons (Fsp3) is 0.429. The van der Waals surface area contributed by atoms with Gasteiger partial charge in [0, 0.05) is 12.8 Å². The van der Waals surface area contributed by atoms with Crippen molar-refractivity contribution in [3.8, 4) is 0 Å². The maximum atomic E-state index is 12.4. The van der Waals surface area contributed by atoms with Crippen molar-refractivity contribution in [3.05, 3.63) is 48.0 Å². The normalized spacial score (nSPS) is 14.4. The first-order valence-electron chi connectivity index (χ1n) is 9.38. The van der Waals surface area contributed by atoms with E-state index < -0.39 is 29.4 Å². The van der Waals surface area contributed by atoms with Gasteiger partial charge in [0.2, 0.25) is 5.91 Å². The minimum Gasteiger partial charge on any atom is -0.458 e. The number of carbonyl (C=O) groups is 4. The number of nitrogens with zero attached hydrogens (tertiary/aromatic N) is 1. The lowest BCUT2D eigenvalue weighted by molar-refractivity contribution is -0.160. The summed E-state index contributed by atoms with van der Waals surface area (Å²) in [5.41, 5.74) is -0.206. The monoisotopic (exact) mass is 402 g/mol. The Morgan fingerprint density at radius 1 is 1.17 bits per heavy atom. The molecule has 1 aliphatic rings. The van der Waals surface area contributed by atoms with Crippen LogP contribution in [0.1, 0.15) is 60.7 Å². The molecule has 0 spiro atoms. The highest BCUT2D eigenvalue weighted by Crippen LogP contribution is 2.22. The second-order valence-electron chi connectivity index (χ2n) is 7.55. The van der Waals surface area contributed by atoms with Gasteiger partial charge in [-0.25, -0.2) is 4.79 Å². The summed E-state index contributed by atoms with van der Waals surface area (Å²) in [6.45, 7) is 8.57. The van der Waals surface area contributed by atoms with Crippen molar-refractivity contribution in [1.82, 2.24) is 10.4 Å². The number of allylic oxidation sites excluding steroid dienone is 1. The number of amides is 3. The molecule has 0 aromatic heterocycles. The molecule has 8 heteroatoms. The van der Waals surface area contributed by atoms with Gasteiger partial charge in [0.05, 0.1) is 17.7 Å². The first kappa shape index (κ1) is 22.3. The van der Waals surface area contributed by atoms with Gasteiger partial charge in [0.15, 0.2) is 0 Å². The van der Waals surface area contributed by atoms with Crippen LogP contribution in [0, 0.1) is 0 Å². The molecular formula is C21H26N2O6. The second-order valence-corrected chi connectivity index (χ2v) is 7.55. The summed E-state index contributed by atoms with van der Waals surface area (Å²) in [4.78, 5) is 54.4. The van der Waals surface area contributed by atoms with E-state index in [0.717, 1.165) is 0 Å². The highest BCUT2D eigenvalue weighted by Gasteiger charge is 2.37. The Labute approximate surface area is 169 Å². The molecule has 156 valence electrons. The highest BCUT2D eigenvalue weighted by molar-refractivity contribution is 6.20. The number of fused-ring (bicyclic) bond motifs is 1. The Morgan fingerprint density at radius 3 is 2.28 bits per heavy atom. The third-order valence-electron chi connectivity index (χ3n) is 3.99. The molecule has 8 nitrogen and oxygen atoms in total. The summed E-state index contributed by atoms with van der Waals surface area (Å²) in [6.07, 6.45) is 2.29. The van der Waals surface area contributed by atoms with Gasteiger partial charge in [0.1, 0.15) is 11.6 Å². The molecule has 1 aliphatic heterocycles. The van der Waals surface area contributed by atoms with Gasteiger partial charge in [-0.2, -0.15) is 0 Å². The molecule has 29 heavy (non-hydrogen) atoms. The van der Waals surface area contributed by atoms with Gasteiger partial charge >= 0.3 is 5.97 Å². The van der Waals surface area contributed by atoms with Crippen LogP contribution in [0.25, 0.3) is 0 Å². The zero-order chi connectivity index (χ0) is 21.6. The van der Waals surface area contributed by atoms with Crippen LogP contribution in [-0.2, 0) is 19.2 Å². The average molecular weight is 402 g/mol. The van der Waals surface area contributed by atoms with E-state index in [1.165, 1.54) is 0 Å². The van der Waals surface area contributed by atoms with Gasteiger partial charge in [0.25, 0.3) is 11.8 Å². The van der Waals surface area contributed by atoms with E-state index in [2.05, 4.69) is 11.9 Å². The zero-order valence-corrected chi connectivity index (χ0v) is 16.9. The molecule has 1 heterocycles. The molecule has 0 aliphatic carbocycles. The first-order valence-corrected chi connectivity index (χ1v) is 9.38. The maximum Gasteiger partial charge on any atom is 0.329 e. The number of hydrogen-bond donors (Lipinski definition) is 1. The van der Waals surface area contributed by atoms with Gasteiger partial charge < -0.3 is 10.1 Å². The number of benzene rings is 1. The summed E-state index contributed by atoms with van der Waals surface area (Å²) in [6, 6.07) is 5.43. The molecule has 1 aromatic carbocycles. The topological polar surface area (TPSA) is 102 Å². The minimum absolute atomic E-state index is 0.0299. The Morgan fingerprint density at radius 2 is 1.76 bits per heavy atom. The van der Waals surface area contributed by atoms with E-state index >= 15 is 0 Å². The smallest absolute Gasteiger partial charge is 0.329 e. The molecule has 2 rings (SSSR count).